The van der Waals surface area contributed by atoms with E-state index in [1.54, 1.807) is 31.5 Å². The summed E-state index contributed by atoms with van der Waals surface area (Å²) in [6, 6.07) is 14.1. The molecule has 5 rings (SSSR count). The van der Waals surface area contributed by atoms with Gasteiger partial charge in [0.1, 0.15) is 40.7 Å². The van der Waals surface area contributed by atoms with Crippen LogP contribution in [0.25, 0.3) is 27.8 Å². The van der Waals surface area contributed by atoms with E-state index < -0.39 is 0 Å². The van der Waals surface area contributed by atoms with Crippen LogP contribution in [0.4, 0.5) is 10.2 Å². The number of nitrogens with two attached hydrogens (primary N) is 1. The van der Waals surface area contributed by atoms with Crippen LogP contribution < -0.4 is 10.5 Å². The fourth-order valence-electron chi connectivity index (χ4n) is 3.56. The fraction of sp³-hybridized carbons (Fsp3) is 0.0909. The molecule has 0 aliphatic heterocycles. The number of aromatic nitrogens is 6. The van der Waals surface area contributed by atoms with Crippen molar-refractivity contribution in [2.75, 3.05) is 12.8 Å². The number of hydrogen-bond donors (Lipinski definition) is 1. The second-order valence-electron chi connectivity index (χ2n) is 6.96. The number of halogens is 1. The molecular formula is C22H18FN7O. The van der Waals surface area contributed by atoms with Crippen LogP contribution in [0.2, 0.25) is 0 Å². The van der Waals surface area contributed by atoms with E-state index in [0.717, 1.165) is 22.3 Å². The highest BCUT2D eigenvalue weighted by Gasteiger charge is 2.16. The van der Waals surface area contributed by atoms with Gasteiger partial charge in [-0.1, -0.05) is 29.5 Å². The summed E-state index contributed by atoms with van der Waals surface area (Å²) in [6.45, 7) is 0.386. The maximum Gasteiger partial charge on any atom is 0.148 e. The first kappa shape index (κ1) is 18.7. The Kier molecular flexibility index (Phi) is 4.55. The Morgan fingerprint density at radius 1 is 1.03 bits per heavy atom. The first-order valence-electron chi connectivity index (χ1n) is 9.54. The highest BCUT2D eigenvalue weighted by Crippen LogP contribution is 2.33. The van der Waals surface area contributed by atoms with Crippen LogP contribution in [0.15, 0.2) is 67.3 Å². The van der Waals surface area contributed by atoms with Gasteiger partial charge < -0.3 is 15.0 Å². The summed E-state index contributed by atoms with van der Waals surface area (Å²) in [7, 11) is 1.63. The third-order valence-electron chi connectivity index (χ3n) is 5.06. The summed E-state index contributed by atoms with van der Waals surface area (Å²) in [5, 5.41) is 9.02. The standard InChI is InChI=1S/C22H18FN7O/c1-31-16-8-6-14(7-9-16)17-12-29(22-20(17)21(24)25-13-26-22)10-15-11-30(28-27-15)19-5-3-2-4-18(19)23/h2-9,11-13H,10H2,1H3,(H2,24,25,26). The Morgan fingerprint density at radius 3 is 2.61 bits per heavy atom. The number of nitrogen functional groups attached to an aromatic ring is 1. The molecule has 0 bridgehead atoms. The third-order valence-corrected chi connectivity index (χ3v) is 5.06. The lowest BCUT2D eigenvalue weighted by Crippen LogP contribution is -2.01. The van der Waals surface area contributed by atoms with Gasteiger partial charge in [-0.25, -0.2) is 19.0 Å². The van der Waals surface area contributed by atoms with Crippen molar-refractivity contribution in [3.63, 3.8) is 0 Å². The number of ether oxygens (including phenoxy) is 1. The monoisotopic (exact) mass is 415 g/mol. The maximum atomic E-state index is 14.1. The number of benzene rings is 2. The Balaban J connectivity index is 1.55. The first-order chi connectivity index (χ1) is 15.1. The van der Waals surface area contributed by atoms with Crippen molar-refractivity contribution in [3.05, 3.63) is 78.8 Å². The van der Waals surface area contributed by atoms with Crippen LogP contribution in [-0.2, 0) is 6.54 Å². The predicted octanol–water partition coefficient (Wildman–Crippen LogP) is 3.46. The Bertz CT molecular complexity index is 1370. The third kappa shape index (κ3) is 3.35. The van der Waals surface area contributed by atoms with Crippen molar-refractivity contribution in [1.82, 2.24) is 29.5 Å². The molecule has 0 saturated heterocycles. The van der Waals surface area contributed by atoms with Gasteiger partial charge in [0.25, 0.3) is 0 Å². The van der Waals surface area contributed by atoms with Crippen LogP contribution in [0, 0.1) is 5.82 Å². The lowest BCUT2D eigenvalue weighted by Gasteiger charge is -2.03. The largest absolute Gasteiger partial charge is 0.497 e. The maximum absolute atomic E-state index is 14.1. The highest BCUT2D eigenvalue weighted by atomic mass is 19.1. The number of anilines is 1. The van der Waals surface area contributed by atoms with E-state index in [9.17, 15) is 4.39 Å². The van der Waals surface area contributed by atoms with Crippen molar-refractivity contribution in [3.8, 4) is 22.6 Å². The molecule has 154 valence electrons. The van der Waals surface area contributed by atoms with Crippen molar-refractivity contribution in [1.29, 1.82) is 0 Å². The number of hydrogen-bond acceptors (Lipinski definition) is 6. The topological polar surface area (TPSA) is 96.7 Å². The quantitative estimate of drug-likeness (QED) is 0.472. The molecule has 0 amide bonds. The summed E-state index contributed by atoms with van der Waals surface area (Å²) < 4.78 is 22.7. The number of rotatable bonds is 5. The number of nitrogens with zero attached hydrogens (tertiary/aromatic N) is 6. The van der Waals surface area contributed by atoms with Crippen molar-refractivity contribution < 1.29 is 9.13 Å². The van der Waals surface area contributed by atoms with Gasteiger partial charge in [0.05, 0.1) is 25.2 Å². The average Bonchev–Trinajstić information content (AvgIpc) is 3.40. The zero-order valence-corrected chi connectivity index (χ0v) is 16.6. The summed E-state index contributed by atoms with van der Waals surface area (Å²) in [6.07, 6.45) is 5.09. The molecule has 9 heteroatoms. The van der Waals surface area contributed by atoms with E-state index in [0.29, 0.717) is 29.4 Å². The highest BCUT2D eigenvalue weighted by molar-refractivity contribution is 6.00. The fourth-order valence-corrected chi connectivity index (χ4v) is 3.56. The summed E-state index contributed by atoms with van der Waals surface area (Å²) in [5.74, 6) is 0.790. The van der Waals surface area contributed by atoms with E-state index >= 15 is 0 Å². The molecule has 0 aliphatic carbocycles. The molecule has 5 aromatic rings. The molecule has 2 N–H and O–H groups in total. The SMILES string of the molecule is COc1ccc(-c2cn(Cc3cn(-c4ccccc4F)nn3)c3ncnc(N)c23)cc1. The normalized spacial score (nSPS) is 11.2. The summed E-state index contributed by atoms with van der Waals surface area (Å²) in [4.78, 5) is 8.59. The van der Waals surface area contributed by atoms with E-state index in [1.807, 2.05) is 35.0 Å². The lowest BCUT2D eigenvalue weighted by atomic mass is 10.1. The van der Waals surface area contributed by atoms with Crippen molar-refractivity contribution >= 4 is 16.9 Å². The van der Waals surface area contributed by atoms with Crippen molar-refractivity contribution in [2.45, 2.75) is 6.54 Å². The van der Waals surface area contributed by atoms with Gasteiger partial charge in [-0.15, -0.1) is 5.10 Å². The summed E-state index contributed by atoms with van der Waals surface area (Å²) in [5.41, 5.74) is 9.72. The molecule has 0 radical (unpaired) electrons. The number of para-hydroxylation sites is 1. The number of fused-ring (bicyclic) bond motifs is 1. The molecule has 0 aliphatic rings. The van der Waals surface area contributed by atoms with Gasteiger partial charge in [-0.05, 0) is 29.8 Å². The van der Waals surface area contributed by atoms with Crippen LogP contribution in [0.3, 0.4) is 0 Å². The zero-order valence-electron chi connectivity index (χ0n) is 16.6. The Hall–Kier alpha value is -4.27. The van der Waals surface area contributed by atoms with E-state index in [1.165, 1.54) is 17.1 Å². The molecular weight excluding hydrogens is 397 g/mol. The predicted molar refractivity (Wildman–Crippen MR) is 114 cm³/mol. The molecule has 8 nitrogen and oxygen atoms in total. The molecule has 0 fully saturated rings. The zero-order chi connectivity index (χ0) is 21.4. The van der Waals surface area contributed by atoms with Crippen molar-refractivity contribution in [2.24, 2.45) is 0 Å². The van der Waals surface area contributed by atoms with E-state index in [4.69, 9.17) is 10.5 Å². The van der Waals surface area contributed by atoms with Gasteiger partial charge in [0.15, 0.2) is 0 Å². The van der Waals surface area contributed by atoms with E-state index in [2.05, 4.69) is 20.3 Å². The summed E-state index contributed by atoms with van der Waals surface area (Å²) >= 11 is 0. The van der Waals surface area contributed by atoms with Gasteiger partial charge in [0.2, 0.25) is 0 Å². The molecule has 3 aromatic heterocycles. The molecule has 3 heterocycles. The van der Waals surface area contributed by atoms with Gasteiger partial charge in [0, 0.05) is 11.8 Å². The second kappa shape index (κ2) is 7.52. The minimum Gasteiger partial charge on any atom is -0.497 e. The second-order valence-corrected chi connectivity index (χ2v) is 6.96. The average molecular weight is 415 g/mol. The van der Waals surface area contributed by atoms with Gasteiger partial charge in [-0.2, -0.15) is 0 Å². The minimum absolute atomic E-state index is 0.337. The Labute approximate surface area is 176 Å². The number of methoxy groups -OCH3 is 1. The first-order valence-corrected chi connectivity index (χ1v) is 9.54. The Morgan fingerprint density at radius 2 is 1.84 bits per heavy atom. The lowest BCUT2D eigenvalue weighted by molar-refractivity contribution is 0.415. The van der Waals surface area contributed by atoms with Crippen LogP contribution in [0.5, 0.6) is 5.75 Å². The van der Waals surface area contributed by atoms with Gasteiger partial charge >= 0.3 is 0 Å². The van der Waals surface area contributed by atoms with E-state index in [-0.39, 0.29) is 5.82 Å². The van der Waals surface area contributed by atoms with Crippen LogP contribution in [-0.4, -0.2) is 36.6 Å². The van der Waals surface area contributed by atoms with Crippen LogP contribution in [0.1, 0.15) is 5.69 Å². The molecule has 0 atom stereocenters. The van der Waals surface area contributed by atoms with Gasteiger partial charge in [-0.3, -0.25) is 0 Å². The molecule has 2 aromatic carbocycles. The molecule has 0 saturated carbocycles. The molecule has 31 heavy (non-hydrogen) atoms. The smallest absolute Gasteiger partial charge is 0.148 e. The minimum atomic E-state index is -0.368. The van der Waals surface area contributed by atoms with Crippen LogP contribution >= 0.6 is 0 Å². The molecule has 0 spiro atoms. The molecule has 0 unspecified atom stereocenters.